The first kappa shape index (κ1) is 25.0. The first-order valence-electron chi connectivity index (χ1n) is 9.09. The molecule has 11 heteroatoms. The molecule has 174 valence electrons. The second-order valence-corrected chi connectivity index (χ2v) is 6.21. The Morgan fingerprint density at radius 2 is 0.788 bits per heavy atom. The van der Waals surface area contributed by atoms with Crippen molar-refractivity contribution in [2.24, 2.45) is 0 Å². The molecule has 0 amide bonds. The number of carbonyl (C=O) groups is 5. The highest BCUT2D eigenvalue weighted by molar-refractivity contribution is 6.23. The van der Waals surface area contributed by atoms with Crippen LogP contribution in [0.4, 0.5) is 4.39 Å². The molecule has 0 heterocycles. The number of esters is 5. The molecule has 0 spiro atoms. The third-order valence-electron chi connectivity index (χ3n) is 4.58. The van der Waals surface area contributed by atoms with Crippen molar-refractivity contribution in [2.45, 2.75) is 0 Å². The van der Waals surface area contributed by atoms with Crippen LogP contribution >= 0.6 is 0 Å². The van der Waals surface area contributed by atoms with Gasteiger partial charge in [0, 0.05) is 5.56 Å². The van der Waals surface area contributed by atoms with Gasteiger partial charge in [0.25, 0.3) is 0 Å². The molecule has 0 saturated heterocycles. The molecule has 0 aliphatic rings. The van der Waals surface area contributed by atoms with Crippen molar-refractivity contribution >= 4 is 29.8 Å². The summed E-state index contributed by atoms with van der Waals surface area (Å²) >= 11 is 0. The van der Waals surface area contributed by atoms with E-state index in [0.717, 1.165) is 47.7 Å². The molecule has 0 aliphatic carbocycles. The number of carbonyl (C=O) groups excluding carboxylic acids is 5. The van der Waals surface area contributed by atoms with Crippen LogP contribution in [0.1, 0.15) is 51.8 Å². The molecule has 33 heavy (non-hydrogen) atoms. The Bertz CT molecular complexity index is 1080. The Kier molecular flexibility index (Phi) is 7.84. The fourth-order valence-electron chi connectivity index (χ4n) is 3.19. The zero-order chi connectivity index (χ0) is 24.9. The van der Waals surface area contributed by atoms with Gasteiger partial charge in [-0.05, 0) is 17.7 Å². The van der Waals surface area contributed by atoms with Crippen molar-refractivity contribution in [3.63, 3.8) is 0 Å². The van der Waals surface area contributed by atoms with E-state index in [4.69, 9.17) is 23.7 Å². The van der Waals surface area contributed by atoms with Gasteiger partial charge in [0.1, 0.15) is 5.82 Å². The van der Waals surface area contributed by atoms with E-state index in [1.807, 2.05) is 0 Å². The molecular formula is C22H19FO10. The molecule has 0 atom stereocenters. The molecule has 2 rings (SSSR count). The molecule has 0 saturated carbocycles. The molecule has 0 fully saturated rings. The number of methoxy groups -OCH3 is 5. The van der Waals surface area contributed by atoms with Crippen LogP contribution < -0.4 is 0 Å². The summed E-state index contributed by atoms with van der Waals surface area (Å²) in [6.45, 7) is 0. The van der Waals surface area contributed by atoms with Gasteiger partial charge in [0.2, 0.25) is 0 Å². The molecule has 0 radical (unpaired) electrons. The predicted molar refractivity (Wildman–Crippen MR) is 109 cm³/mol. The lowest BCUT2D eigenvalue weighted by atomic mass is 9.83. The van der Waals surface area contributed by atoms with E-state index in [-0.39, 0.29) is 11.1 Å². The Labute approximate surface area is 187 Å². The van der Waals surface area contributed by atoms with Crippen LogP contribution in [0.2, 0.25) is 0 Å². The van der Waals surface area contributed by atoms with E-state index >= 15 is 0 Å². The predicted octanol–water partition coefficient (Wildman–Crippen LogP) is 2.43. The maximum Gasteiger partial charge on any atom is 0.339 e. The average Bonchev–Trinajstić information content (AvgIpc) is 2.84. The van der Waals surface area contributed by atoms with Crippen LogP contribution in [-0.4, -0.2) is 65.4 Å². The lowest BCUT2D eigenvalue weighted by Gasteiger charge is -2.22. The van der Waals surface area contributed by atoms with Crippen molar-refractivity contribution < 1.29 is 52.0 Å². The number of hydrogen-bond donors (Lipinski definition) is 0. The van der Waals surface area contributed by atoms with Crippen LogP contribution in [0.5, 0.6) is 0 Å². The van der Waals surface area contributed by atoms with Gasteiger partial charge in [-0.3, -0.25) is 0 Å². The van der Waals surface area contributed by atoms with Crippen LogP contribution in [0.15, 0.2) is 24.3 Å². The van der Waals surface area contributed by atoms with Gasteiger partial charge in [0.15, 0.2) is 0 Å². The number of ether oxygens (including phenoxy) is 5. The quantitative estimate of drug-likeness (QED) is 0.466. The first-order valence-corrected chi connectivity index (χ1v) is 9.09. The van der Waals surface area contributed by atoms with Gasteiger partial charge in [-0.25, -0.2) is 28.4 Å². The summed E-state index contributed by atoms with van der Waals surface area (Å²) in [5.41, 5.74) is -3.75. The van der Waals surface area contributed by atoms with E-state index in [0.29, 0.717) is 0 Å². The van der Waals surface area contributed by atoms with Crippen molar-refractivity contribution in [3.8, 4) is 11.1 Å². The SMILES string of the molecule is COC(=O)c1c(C(=O)OC)c(C(=O)OC)c(-c2ccc(F)cc2)c(C(=O)OC)c1C(=O)OC. The normalized spacial score (nSPS) is 10.1. The number of rotatable bonds is 6. The van der Waals surface area contributed by atoms with E-state index < -0.39 is 63.5 Å². The van der Waals surface area contributed by atoms with Gasteiger partial charge < -0.3 is 23.7 Å². The zero-order valence-electron chi connectivity index (χ0n) is 18.3. The molecule has 0 unspecified atom stereocenters. The highest BCUT2D eigenvalue weighted by atomic mass is 19.1. The summed E-state index contributed by atoms with van der Waals surface area (Å²) in [5, 5.41) is 0. The smallest absolute Gasteiger partial charge is 0.339 e. The summed E-state index contributed by atoms with van der Waals surface area (Å²) in [4.78, 5) is 64.0. The van der Waals surface area contributed by atoms with Gasteiger partial charge >= 0.3 is 29.8 Å². The lowest BCUT2D eigenvalue weighted by Crippen LogP contribution is -2.27. The van der Waals surface area contributed by atoms with Gasteiger partial charge in [0.05, 0.1) is 63.4 Å². The molecule has 2 aromatic rings. The summed E-state index contributed by atoms with van der Waals surface area (Å²) in [5.74, 6) is -6.67. The Hall–Kier alpha value is -4.28. The molecule has 0 aromatic heterocycles. The molecule has 0 bridgehead atoms. The van der Waals surface area contributed by atoms with Gasteiger partial charge in [-0.1, -0.05) is 12.1 Å². The minimum absolute atomic E-state index is 0.0175. The summed E-state index contributed by atoms with van der Waals surface area (Å²) in [6.07, 6.45) is 0. The third-order valence-corrected chi connectivity index (χ3v) is 4.58. The second kappa shape index (κ2) is 10.4. The maximum absolute atomic E-state index is 13.6. The van der Waals surface area contributed by atoms with Gasteiger partial charge in [-0.2, -0.15) is 0 Å². The van der Waals surface area contributed by atoms with Crippen LogP contribution in [0, 0.1) is 5.82 Å². The highest BCUT2D eigenvalue weighted by Crippen LogP contribution is 2.38. The van der Waals surface area contributed by atoms with E-state index in [1.165, 1.54) is 12.1 Å². The highest BCUT2D eigenvalue weighted by Gasteiger charge is 2.40. The van der Waals surface area contributed by atoms with Crippen molar-refractivity contribution in [2.75, 3.05) is 35.5 Å². The Morgan fingerprint density at radius 3 is 1.09 bits per heavy atom. The lowest BCUT2D eigenvalue weighted by molar-refractivity contribution is 0.0512. The Balaban J connectivity index is 3.38. The third kappa shape index (κ3) is 4.52. The topological polar surface area (TPSA) is 132 Å². The van der Waals surface area contributed by atoms with Crippen molar-refractivity contribution in [1.82, 2.24) is 0 Å². The summed E-state index contributed by atoms with van der Waals surface area (Å²) < 4.78 is 37.3. The average molecular weight is 462 g/mol. The molecule has 0 N–H and O–H groups in total. The zero-order valence-corrected chi connectivity index (χ0v) is 18.3. The second-order valence-electron chi connectivity index (χ2n) is 6.21. The van der Waals surface area contributed by atoms with Gasteiger partial charge in [-0.15, -0.1) is 0 Å². The number of hydrogen-bond acceptors (Lipinski definition) is 10. The molecule has 0 aliphatic heterocycles. The van der Waals surface area contributed by atoms with E-state index in [2.05, 4.69) is 0 Å². The number of halogens is 1. The summed E-state index contributed by atoms with van der Waals surface area (Å²) in [6, 6.07) is 4.40. The fourth-order valence-corrected chi connectivity index (χ4v) is 3.19. The van der Waals surface area contributed by atoms with E-state index in [9.17, 15) is 28.4 Å². The largest absolute Gasteiger partial charge is 0.465 e. The monoisotopic (exact) mass is 462 g/mol. The Morgan fingerprint density at radius 1 is 0.515 bits per heavy atom. The molecule has 10 nitrogen and oxygen atoms in total. The van der Waals surface area contributed by atoms with Crippen molar-refractivity contribution in [1.29, 1.82) is 0 Å². The maximum atomic E-state index is 13.6. The van der Waals surface area contributed by atoms with Crippen LogP contribution in [-0.2, 0) is 23.7 Å². The first-order chi connectivity index (χ1) is 15.7. The molecule has 2 aromatic carbocycles. The minimum atomic E-state index is -1.25. The number of benzene rings is 2. The van der Waals surface area contributed by atoms with Crippen molar-refractivity contribution in [3.05, 3.63) is 57.9 Å². The minimum Gasteiger partial charge on any atom is -0.465 e. The fraction of sp³-hybridized carbons (Fsp3) is 0.227. The molecular weight excluding hydrogens is 443 g/mol. The van der Waals surface area contributed by atoms with Crippen LogP contribution in [0.25, 0.3) is 11.1 Å². The van der Waals surface area contributed by atoms with Crippen LogP contribution in [0.3, 0.4) is 0 Å². The standard InChI is InChI=1S/C22H19FO10/c1-29-18(24)13-12(10-6-8-11(23)9-7-10)14(19(25)30-2)16(21(27)32-4)17(22(28)33-5)15(13)20(26)31-3/h6-9H,1-5H3. The summed E-state index contributed by atoms with van der Waals surface area (Å²) in [7, 11) is 4.86. The van der Waals surface area contributed by atoms with E-state index in [1.54, 1.807) is 0 Å².